The van der Waals surface area contributed by atoms with Crippen LogP contribution in [-0.4, -0.2) is 35.6 Å². The maximum Gasteiger partial charge on any atom is 0.225 e. The second-order valence-electron chi connectivity index (χ2n) is 11.5. The van der Waals surface area contributed by atoms with Gasteiger partial charge in [0.25, 0.3) is 0 Å². The third-order valence-electron chi connectivity index (χ3n) is 8.02. The van der Waals surface area contributed by atoms with Gasteiger partial charge in [-0.3, -0.25) is 0 Å². The fourth-order valence-corrected chi connectivity index (χ4v) is 5.21. The predicted molar refractivity (Wildman–Crippen MR) is 135 cm³/mol. The highest BCUT2D eigenvalue weighted by atomic mass is 15.3. The van der Waals surface area contributed by atoms with Crippen LogP contribution in [-0.2, 0) is 10.8 Å². The molecule has 1 fully saturated rings. The van der Waals surface area contributed by atoms with Gasteiger partial charge in [-0.25, -0.2) is 9.97 Å². The van der Waals surface area contributed by atoms with E-state index >= 15 is 0 Å². The molecule has 2 aliphatic rings. The fraction of sp³-hybridized carbons (Fsp3) is 0.643. The summed E-state index contributed by atoms with van der Waals surface area (Å²) in [5.74, 6) is 1.63. The van der Waals surface area contributed by atoms with Gasteiger partial charge in [0.05, 0.1) is 5.69 Å². The zero-order valence-corrected chi connectivity index (χ0v) is 21.0. The summed E-state index contributed by atoms with van der Waals surface area (Å²) in [6.45, 7) is 17.3. The molecule has 1 atom stereocenters. The molecule has 1 saturated heterocycles. The van der Waals surface area contributed by atoms with Crippen molar-refractivity contribution in [3.05, 3.63) is 41.6 Å². The Morgan fingerprint density at radius 1 is 1.03 bits per heavy atom. The van der Waals surface area contributed by atoms with Gasteiger partial charge in [-0.1, -0.05) is 60.1 Å². The van der Waals surface area contributed by atoms with E-state index in [1.807, 2.05) is 6.20 Å². The second kappa shape index (κ2) is 9.13. The average molecular weight is 435 g/mol. The van der Waals surface area contributed by atoms with Crippen LogP contribution < -0.4 is 10.2 Å². The van der Waals surface area contributed by atoms with Gasteiger partial charge in [0.15, 0.2) is 0 Å². The first kappa shape index (κ1) is 23.2. The van der Waals surface area contributed by atoms with Crippen LogP contribution in [0.5, 0.6) is 0 Å². The summed E-state index contributed by atoms with van der Waals surface area (Å²) in [4.78, 5) is 12.0. The summed E-state index contributed by atoms with van der Waals surface area (Å²) in [6.07, 6.45) is 7.96. The molecule has 4 rings (SSSR count). The topological polar surface area (TPSA) is 41.0 Å². The Kier molecular flexibility index (Phi) is 6.63. The number of hydrogen-bond acceptors (Lipinski definition) is 4. The maximum atomic E-state index is 5.01. The molecule has 0 bridgehead atoms. The number of rotatable bonds is 6. The molecule has 1 aliphatic carbocycles. The Hall–Kier alpha value is -1.94. The average Bonchev–Trinajstić information content (AvgIpc) is 2.81. The highest BCUT2D eigenvalue weighted by Gasteiger charge is 2.37. The quantitative estimate of drug-likeness (QED) is 0.597. The Labute approximate surface area is 195 Å². The van der Waals surface area contributed by atoms with Gasteiger partial charge in [0.2, 0.25) is 5.95 Å². The largest absolute Gasteiger partial charge is 0.341 e. The number of anilines is 1. The van der Waals surface area contributed by atoms with Gasteiger partial charge < -0.3 is 10.2 Å². The molecule has 2 aromatic rings. The Morgan fingerprint density at radius 2 is 1.72 bits per heavy atom. The molecule has 1 aromatic heterocycles. The van der Waals surface area contributed by atoms with Gasteiger partial charge >= 0.3 is 0 Å². The number of benzene rings is 1. The lowest BCUT2D eigenvalue weighted by Crippen LogP contribution is -2.44. The van der Waals surface area contributed by atoms with E-state index in [2.05, 4.69) is 81.0 Å². The molecule has 0 amide bonds. The number of fused-ring (bicyclic) bond motifs is 1. The minimum Gasteiger partial charge on any atom is -0.341 e. The lowest BCUT2D eigenvalue weighted by molar-refractivity contribution is 0.332. The van der Waals surface area contributed by atoms with Crippen molar-refractivity contribution in [2.24, 2.45) is 5.92 Å². The lowest BCUT2D eigenvalue weighted by Gasteiger charge is -2.42. The van der Waals surface area contributed by atoms with E-state index in [0.29, 0.717) is 6.04 Å². The van der Waals surface area contributed by atoms with E-state index in [1.54, 1.807) is 0 Å². The Balaban J connectivity index is 1.50. The zero-order valence-electron chi connectivity index (χ0n) is 21.0. The van der Waals surface area contributed by atoms with Gasteiger partial charge in [0.1, 0.15) is 0 Å². The van der Waals surface area contributed by atoms with Crippen molar-refractivity contribution in [3.63, 3.8) is 0 Å². The lowest BCUT2D eigenvalue weighted by atomic mass is 9.63. The van der Waals surface area contributed by atoms with Crippen LogP contribution in [0.1, 0.15) is 84.8 Å². The van der Waals surface area contributed by atoms with Gasteiger partial charge in [-0.2, -0.15) is 0 Å². The molecule has 4 heteroatoms. The molecular weight excluding hydrogens is 392 g/mol. The minimum atomic E-state index is 0.209. The Morgan fingerprint density at radius 3 is 2.41 bits per heavy atom. The predicted octanol–water partition coefficient (Wildman–Crippen LogP) is 6.10. The zero-order chi connectivity index (χ0) is 22.9. The Bertz CT molecular complexity index is 925. The van der Waals surface area contributed by atoms with Crippen molar-refractivity contribution < 1.29 is 0 Å². The number of aromatic nitrogens is 2. The molecule has 1 N–H and O–H groups in total. The molecule has 0 saturated carbocycles. The number of nitrogens with zero attached hydrogens (tertiary/aromatic N) is 3. The van der Waals surface area contributed by atoms with Crippen molar-refractivity contribution in [1.29, 1.82) is 0 Å². The third kappa shape index (κ3) is 4.85. The van der Waals surface area contributed by atoms with Crippen LogP contribution in [0.15, 0.2) is 30.5 Å². The summed E-state index contributed by atoms with van der Waals surface area (Å²) in [5, 5.41) is 3.76. The van der Waals surface area contributed by atoms with Gasteiger partial charge in [-0.05, 0) is 72.2 Å². The maximum absolute atomic E-state index is 5.01. The van der Waals surface area contributed by atoms with E-state index in [0.717, 1.165) is 50.0 Å². The first-order valence-electron chi connectivity index (χ1n) is 12.7. The van der Waals surface area contributed by atoms with Crippen LogP contribution >= 0.6 is 0 Å². The standard InChI is InChI=1S/C28H42N4/c1-7-20(2)19-30-22-11-16-32(17-12-22)26-29-15-10-25(31-26)21-8-9-23-24(18-21)28(5,6)14-13-27(23,3)4/h8-10,15,18,20,22,30H,7,11-14,16-17,19H2,1-6H3. The van der Waals surface area contributed by atoms with Crippen molar-refractivity contribution in [1.82, 2.24) is 15.3 Å². The first-order valence-corrected chi connectivity index (χ1v) is 12.7. The molecular formula is C28H42N4. The van der Waals surface area contributed by atoms with Crippen LogP contribution in [0.2, 0.25) is 0 Å². The second-order valence-corrected chi connectivity index (χ2v) is 11.5. The molecule has 174 valence electrons. The molecule has 2 heterocycles. The van der Waals surface area contributed by atoms with Gasteiger partial charge in [-0.15, -0.1) is 0 Å². The van der Waals surface area contributed by atoms with Crippen LogP contribution in [0, 0.1) is 5.92 Å². The summed E-state index contributed by atoms with van der Waals surface area (Å²) in [7, 11) is 0. The third-order valence-corrected chi connectivity index (χ3v) is 8.02. The molecule has 1 aliphatic heterocycles. The number of hydrogen-bond donors (Lipinski definition) is 1. The summed E-state index contributed by atoms with van der Waals surface area (Å²) < 4.78 is 0. The van der Waals surface area contributed by atoms with Crippen molar-refractivity contribution in [2.75, 3.05) is 24.5 Å². The first-order chi connectivity index (χ1) is 15.2. The van der Waals surface area contributed by atoms with E-state index in [1.165, 1.54) is 36.0 Å². The summed E-state index contributed by atoms with van der Waals surface area (Å²) in [5.41, 5.74) is 5.68. The normalized spacial score (nSPS) is 21.2. The minimum absolute atomic E-state index is 0.209. The highest BCUT2D eigenvalue weighted by Crippen LogP contribution is 2.46. The van der Waals surface area contributed by atoms with Crippen molar-refractivity contribution in [2.45, 2.75) is 90.5 Å². The van der Waals surface area contributed by atoms with Crippen molar-refractivity contribution in [3.8, 4) is 11.3 Å². The fourth-order valence-electron chi connectivity index (χ4n) is 5.21. The van der Waals surface area contributed by atoms with Crippen LogP contribution in [0.3, 0.4) is 0 Å². The molecule has 1 aromatic carbocycles. The SMILES string of the molecule is CCC(C)CNC1CCN(c2nccc(-c3ccc4c(c3)C(C)(C)CCC4(C)C)n2)CC1. The van der Waals surface area contributed by atoms with Crippen LogP contribution in [0.25, 0.3) is 11.3 Å². The molecule has 32 heavy (non-hydrogen) atoms. The van der Waals surface area contributed by atoms with Crippen LogP contribution in [0.4, 0.5) is 5.95 Å². The molecule has 0 spiro atoms. The molecule has 4 nitrogen and oxygen atoms in total. The number of nitrogens with one attached hydrogen (secondary N) is 1. The highest BCUT2D eigenvalue weighted by molar-refractivity contribution is 5.64. The molecule has 0 radical (unpaired) electrons. The van der Waals surface area contributed by atoms with Crippen molar-refractivity contribution >= 4 is 5.95 Å². The van der Waals surface area contributed by atoms with E-state index in [9.17, 15) is 0 Å². The summed E-state index contributed by atoms with van der Waals surface area (Å²) in [6, 6.07) is 9.69. The smallest absolute Gasteiger partial charge is 0.225 e. The monoisotopic (exact) mass is 434 g/mol. The van der Waals surface area contributed by atoms with E-state index < -0.39 is 0 Å². The van der Waals surface area contributed by atoms with E-state index in [4.69, 9.17) is 4.98 Å². The summed E-state index contributed by atoms with van der Waals surface area (Å²) >= 11 is 0. The van der Waals surface area contributed by atoms with Gasteiger partial charge in [0, 0.05) is 30.9 Å². The molecule has 1 unspecified atom stereocenters. The number of piperidine rings is 1. The van der Waals surface area contributed by atoms with E-state index in [-0.39, 0.29) is 10.8 Å².